The van der Waals surface area contributed by atoms with Crippen LogP contribution < -0.4 is 4.74 Å². The molecule has 2 atom stereocenters. The Bertz CT molecular complexity index is 384. The van der Waals surface area contributed by atoms with Crippen LogP contribution in [0.5, 0.6) is 5.88 Å². The van der Waals surface area contributed by atoms with E-state index in [1.54, 1.807) is 6.92 Å². The fraction of sp³-hybridized carbons (Fsp3) is 0.615. The summed E-state index contributed by atoms with van der Waals surface area (Å²) in [6.45, 7) is 5.87. The number of pyridine rings is 1. The smallest absolute Gasteiger partial charge is 0.250 e. The minimum atomic E-state index is -1.04. The maximum absolute atomic E-state index is 14.1. The van der Waals surface area contributed by atoms with E-state index in [1.165, 1.54) is 19.4 Å². The molecule has 1 rings (SSSR count). The van der Waals surface area contributed by atoms with Gasteiger partial charge in [0.25, 0.3) is 5.88 Å². The average molecular weight is 257 g/mol. The molecule has 0 saturated heterocycles. The molecule has 1 aromatic heterocycles. The molecule has 0 aliphatic rings. The molecular weight excluding hydrogens is 237 g/mol. The number of halogens is 1. The highest BCUT2D eigenvalue weighted by Crippen LogP contribution is 2.29. The van der Waals surface area contributed by atoms with E-state index in [2.05, 4.69) is 4.98 Å². The number of rotatable bonds is 6. The summed E-state index contributed by atoms with van der Waals surface area (Å²) in [6, 6.07) is 1.44. The summed E-state index contributed by atoms with van der Waals surface area (Å²) in [5.74, 6) is -0.657. The molecule has 0 aliphatic carbocycles. The second-order valence-corrected chi connectivity index (χ2v) is 4.34. The van der Waals surface area contributed by atoms with Gasteiger partial charge in [-0.2, -0.15) is 0 Å². The predicted molar refractivity (Wildman–Crippen MR) is 66.0 cm³/mol. The zero-order valence-electron chi connectivity index (χ0n) is 11.2. The molecule has 18 heavy (non-hydrogen) atoms. The van der Waals surface area contributed by atoms with Crippen molar-refractivity contribution in [2.75, 3.05) is 13.7 Å². The van der Waals surface area contributed by atoms with Gasteiger partial charge in [-0.15, -0.1) is 0 Å². The van der Waals surface area contributed by atoms with Crippen molar-refractivity contribution in [3.63, 3.8) is 0 Å². The largest absolute Gasteiger partial charge is 0.476 e. The van der Waals surface area contributed by atoms with E-state index in [0.717, 1.165) is 0 Å². The van der Waals surface area contributed by atoms with Gasteiger partial charge in [0.2, 0.25) is 0 Å². The molecule has 4 nitrogen and oxygen atoms in total. The van der Waals surface area contributed by atoms with Crippen LogP contribution in [0.1, 0.15) is 32.4 Å². The third kappa shape index (κ3) is 3.17. The zero-order chi connectivity index (χ0) is 13.7. The first-order valence-electron chi connectivity index (χ1n) is 6.00. The first kappa shape index (κ1) is 14.9. The van der Waals surface area contributed by atoms with Crippen LogP contribution in [0.2, 0.25) is 0 Å². The number of aromatic nitrogens is 1. The van der Waals surface area contributed by atoms with E-state index < -0.39 is 18.0 Å². The van der Waals surface area contributed by atoms with Crippen LogP contribution in [0.3, 0.4) is 0 Å². The fourth-order valence-electron chi connectivity index (χ4n) is 1.85. The maximum Gasteiger partial charge on any atom is 0.250 e. The second-order valence-electron chi connectivity index (χ2n) is 4.34. The van der Waals surface area contributed by atoms with Crippen molar-refractivity contribution >= 4 is 0 Å². The summed E-state index contributed by atoms with van der Waals surface area (Å²) in [5, 5.41) is 10.2. The Labute approximate surface area is 107 Å². The number of methoxy groups -OCH3 is 1. The zero-order valence-corrected chi connectivity index (χ0v) is 11.2. The highest BCUT2D eigenvalue weighted by Gasteiger charge is 2.27. The molecule has 1 heterocycles. The number of aliphatic hydroxyl groups excluding tert-OH is 1. The molecule has 0 spiro atoms. The SMILES string of the molecule is CCOc1nccc(C(O)C(OC)C(C)C)c1F. The van der Waals surface area contributed by atoms with Crippen molar-refractivity contribution in [1.29, 1.82) is 0 Å². The number of hydrogen-bond acceptors (Lipinski definition) is 4. The summed E-state index contributed by atoms with van der Waals surface area (Å²) in [5.41, 5.74) is 0.147. The predicted octanol–water partition coefficient (Wildman–Crippen LogP) is 2.32. The van der Waals surface area contributed by atoms with Crippen LogP contribution in [-0.4, -0.2) is 29.9 Å². The molecule has 1 N–H and O–H groups in total. The topological polar surface area (TPSA) is 51.6 Å². The van der Waals surface area contributed by atoms with Gasteiger partial charge < -0.3 is 14.6 Å². The summed E-state index contributed by atoms with van der Waals surface area (Å²) in [7, 11) is 1.50. The monoisotopic (exact) mass is 257 g/mol. The molecule has 2 unspecified atom stereocenters. The quantitative estimate of drug-likeness (QED) is 0.849. The van der Waals surface area contributed by atoms with E-state index >= 15 is 0 Å². The standard InChI is InChI=1S/C13H20FNO3/c1-5-18-13-10(14)9(6-7-15-13)11(16)12(17-4)8(2)3/h6-8,11-12,16H,5H2,1-4H3. The molecule has 0 amide bonds. The van der Waals surface area contributed by atoms with E-state index in [0.29, 0.717) is 6.61 Å². The molecule has 0 aliphatic heterocycles. The summed E-state index contributed by atoms with van der Waals surface area (Å²) in [6.07, 6.45) is -0.103. The molecule has 0 fully saturated rings. The fourth-order valence-corrected chi connectivity index (χ4v) is 1.85. The summed E-state index contributed by atoms with van der Waals surface area (Å²) >= 11 is 0. The highest BCUT2D eigenvalue weighted by molar-refractivity contribution is 5.26. The van der Waals surface area contributed by atoms with Crippen LogP contribution in [0.4, 0.5) is 4.39 Å². The number of hydrogen-bond donors (Lipinski definition) is 1. The van der Waals surface area contributed by atoms with Crippen molar-refractivity contribution < 1.29 is 19.0 Å². The number of nitrogens with zero attached hydrogens (tertiary/aromatic N) is 1. The Morgan fingerprint density at radius 2 is 2.11 bits per heavy atom. The summed E-state index contributed by atoms with van der Waals surface area (Å²) < 4.78 is 24.3. The Morgan fingerprint density at radius 1 is 1.44 bits per heavy atom. The van der Waals surface area contributed by atoms with Crippen LogP contribution in [0, 0.1) is 11.7 Å². The van der Waals surface area contributed by atoms with Gasteiger partial charge in [0, 0.05) is 18.9 Å². The number of ether oxygens (including phenoxy) is 2. The Hall–Kier alpha value is -1.20. The van der Waals surface area contributed by atoms with Crippen molar-refractivity contribution in [3.05, 3.63) is 23.6 Å². The molecule has 5 heteroatoms. The molecule has 1 aromatic rings. The third-order valence-corrected chi connectivity index (χ3v) is 2.73. The van der Waals surface area contributed by atoms with Crippen molar-refractivity contribution in [3.8, 4) is 5.88 Å². The van der Waals surface area contributed by atoms with Crippen molar-refractivity contribution in [1.82, 2.24) is 4.98 Å². The van der Waals surface area contributed by atoms with Gasteiger partial charge in [0.15, 0.2) is 5.82 Å². The molecule has 0 radical (unpaired) electrons. The van der Waals surface area contributed by atoms with E-state index in [1.807, 2.05) is 13.8 Å². The lowest BCUT2D eigenvalue weighted by molar-refractivity contribution is -0.0407. The summed E-state index contributed by atoms with van der Waals surface area (Å²) in [4.78, 5) is 3.79. The maximum atomic E-state index is 14.1. The molecule has 0 bridgehead atoms. The van der Waals surface area contributed by atoms with Gasteiger partial charge in [0.1, 0.15) is 6.10 Å². The van der Waals surface area contributed by atoms with Gasteiger partial charge >= 0.3 is 0 Å². The molecular formula is C13H20FNO3. The lowest BCUT2D eigenvalue weighted by atomic mass is 9.96. The van der Waals surface area contributed by atoms with E-state index in [4.69, 9.17) is 9.47 Å². The highest BCUT2D eigenvalue weighted by atomic mass is 19.1. The first-order chi connectivity index (χ1) is 8.52. The van der Waals surface area contributed by atoms with Gasteiger partial charge in [-0.25, -0.2) is 9.37 Å². The van der Waals surface area contributed by atoms with E-state index in [9.17, 15) is 9.50 Å². The normalized spacial score (nSPS) is 14.6. The Balaban J connectivity index is 3.04. The van der Waals surface area contributed by atoms with E-state index in [-0.39, 0.29) is 17.4 Å². The second kappa shape index (κ2) is 6.66. The molecule has 0 saturated carbocycles. The molecule has 102 valence electrons. The number of aliphatic hydroxyl groups is 1. The van der Waals surface area contributed by atoms with Gasteiger partial charge in [-0.05, 0) is 18.9 Å². The van der Waals surface area contributed by atoms with Crippen LogP contribution >= 0.6 is 0 Å². The van der Waals surface area contributed by atoms with Crippen LogP contribution in [-0.2, 0) is 4.74 Å². The lowest BCUT2D eigenvalue weighted by Crippen LogP contribution is -2.27. The lowest BCUT2D eigenvalue weighted by Gasteiger charge is -2.25. The van der Waals surface area contributed by atoms with Gasteiger partial charge in [-0.1, -0.05) is 13.8 Å². The first-order valence-corrected chi connectivity index (χ1v) is 6.00. The van der Waals surface area contributed by atoms with Crippen molar-refractivity contribution in [2.45, 2.75) is 33.0 Å². The minimum absolute atomic E-state index is 0.0631. The van der Waals surface area contributed by atoms with Crippen LogP contribution in [0.25, 0.3) is 0 Å². The third-order valence-electron chi connectivity index (χ3n) is 2.73. The Morgan fingerprint density at radius 3 is 2.61 bits per heavy atom. The minimum Gasteiger partial charge on any atom is -0.476 e. The van der Waals surface area contributed by atoms with Gasteiger partial charge in [0.05, 0.1) is 12.7 Å². The van der Waals surface area contributed by atoms with Gasteiger partial charge in [-0.3, -0.25) is 0 Å². The van der Waals surface area contributed by atoms with Crippen LogP contribution in [0.15, 0.2) is 12.3 Å². The van der Waals surface area contributed by atoms with Crippen molar-refractivity contribution in [2.24, 2.45) is 5.92 Å². The Kier molecular flexibility index (Phi) is 5.50. The molecule has 0 aromatic carbocycles. The average Bonchev–Trinajstić information content (AvgIpc) is 2.32.